The van der Waals surface area contributed by atoms with Crippen LogP contribution >= 0.6 is 11.3 Å². The summed E-state index contributed by atoms with van der Waals surface area (Å²) in [5, 5.41) is 13.9. The molecule has 2 N–H and O–H groups in total. The number of anilines is 1. The van der Waals surface area contributed by atoms with Crippen LogP contribution in [0, 0.1) is 0 Å². The molecule has 1 aromatic rings. The van der Waals surface area contributed by atoms with Crippen LogP contribution in [0.2, 0.25) is 0 Å². The van der Waals surface area contributed by atoms with Crippen molar-refractivity contribution >= 4 is 22.6 Å². The molecule has 0 aliphatic heterocycles. The third-order valence-electron chi connectivity index (χ3n) is 1.56. The number of hydrogen-bond acceptors (Lipinski definition) is 5. The molecule has 1 heterocycles. The highest BCUT2D eigenvalue weighted by molar-refractivity contribution is 7.13. The molecule has 0 aliphatic carbocycles. The van der Waals surface area contributed by atoms with Crippen LogP contribution in [0.3, 0.4) is 0 Å². The van der Waals surface area contributed by atoms with Crippen LogP contribution in [0.1, 0.15) is 39.5 Å². The third kappa shape index (κ3) is 4.16. The molecule has 0 radical (unpaired) electrons. The van der Waals surface area contributed by atoms with Crippen molar-refractivity contribution < 1.29 is 14.6 Å². The minimum Gasteiger partial charge on any atom is -0.444 e. The number of rotatable bonds is 2. The zero-order valence-corrected chi connectivity index (χ0v) is 10.6. The Labute approximate surface area is 98.5 Å². The first-order valence-corrected chi connectivity index (χ1v) is 5.79. The fourth-order valence-electron chi connectivity index (χ4n) is 0.926. The van der Waals surface area contributed by atoms with E-state index in [0.29, 0.717) is 10.8 Å². The maximum atomic E-state index is 11.4. The van der Waals surface area contributed by atoms with E-state index in [1.807, 2.05) is 0 Å². The zero-order chi connectivity index (χ0) is 12.3. The second kappa shape index (κ2) is 4.80. The normalized spacial score (nSPS) is 13.3. The van der Waals surface area contributed by atoms with Gasteiger partial charge in [-0.3, -0.25) is 5.32 Å². The van der Waals surface area contributed by atoms with Crippen molar-refractivity contribution in [2.75, 3.05) is 5.32 Å². The van der Waals surface area contributed by atoms with Crippen LogP contribution in [0.25, 0.3) is 0 Å². The van der Waals surface area contributed by atoms with E-state index in [1.54, 1.807) is 33.1 Å². The topological polar surface area (TPSA) is 71.5 Å². The molecule has 1 atom stereocenters. The number of thiazole rings is 1. The van der Waals surface area contributed by atoms with E-state index in [0.717, 1.165) is 0 Å². The fourth-order valence-corrected chi connectivity index (χ4v) is 1.71. The summed E-state index contributed by atoms with van der Waals surface area (Å²) in [6, 6.07) is 0. The minimum absolute atomic E-state index is 0.421. The molecule has 0 bridgehead atoms. The van der Waals surface area contributed by atoms with Crippen LogP contribution in [0.15, 0.2) is 5.38 Å². The number of nitrogens with one attached hydrogen (secondary N) is 1. The third-order valence-corrected chi connectivity index (χ3v) is 2.33. The molecule has 5 nitrogen and oxygen atoms in total. The number of carbonyl (C=O) groups is 1. The average Bonchev–Trinajstić information content (AvgIpc) is 2.48. The van der Waals surface area contributed by atoms with Gasteiger partial charge in [0.1, 0.15) is 5.60 Å². The van der Waals surface area contributed by atoms with Crippen molar-refractivity contribution in [3.05, 3.63) is 11.1 Å². The van der Waals surface area contributed by atoms with Gasteiger partial charge in [-0.25, -0.2) is 9.78 Å². The fraction of sp³-hybridized carbons (Fsp3) is 0.600. The van der Waals surface area contributed by atoms with Gasteiger partial charge in [-0.15, -0.1) is 11.3 Å². The summed E-state index contributed by atoms with van der Waals surface area (Å²) in [6.45, 7) is 6.98. The Morgan fingerprint density at radius 1 is 1.62 bits per heavy atom. The second-order valence-electron chi connectivity index (χ2n) is 4.38. The Balaban J connectivity index is 2.57. The van der Waals surface area contributed by atoms with E-state index in [4.69, 9.17) is 4.74 Å². The van der Waals surface area contributed by atoms with Gasteiger partial charge in [0.15, 0.2) is 5.13 Å². The van der Waals surface area contributed by atoms with Gasteiger partial charge in [-0.2, -0.15) is 0 Å². The molecule has 1 unspecified atom stereocenters. The van der Waals surface area contributed by atoms with Crippen molar-refractivity contribution in [2.24, 2.45) is 0 Å². The van der Waals surface area contributed by atoms with E-state index in [9.17, 15) is 9.90 Å². The molecular formula is C10H16N2O3S. The highest BCUT2D eigenvalue weighted by atomic mass is 32.1. The number of aliphatic hydroxyl groups is 1. The summed E-state index contributed by atoms with van der Waals surface area (Å²) in [7, 11) is 0. The summed E-state index contributed by atoms with van der Waals surface area (Å²) < 4.78 is 5.07. The Bertz CT molecular complexity index is 368. The van der Waals surface area contributed by atoms with Gasteiger partial charge in [0.05, 0.1) is 11.8 Å². The van der Waals surface area contributed by atoms with E-state index in [1.165, 1.54) is 11.3 Å². The molecule has 1 aromatic heterocycles. The lowest BCUT2D eigenvalue weighted by Crippen LogP contribution is -2.27. The Morgan fingerprint density at radius 3 is 2.69 bits per heavy atom. The Kier molecular flexibility index (Phi) is 3.88. The number of carbonyl (C=O) groups excluding carboxylic acids is 1. The standard InChI is InChI=1S/C10H16N2O3S/c1-6(13)7-5-16-8(11-7)12-9(14)15-10(2,3)4/h5-6,13H,1-4H3,(H,11,12,14). The monoisotopic (exact) mass is 244 g/mol. The van der Waals surface area contributed by atoms with Crippen LogP contribution in [0.5, 0.6) is 0 Å². The van der Waals surface area contributed by atoms with Gasteiger partial charge in [-0.05, 0) is 27.7 Å². The minimum atomic E-state index is -0.634. The number of hydrogen-bond donors (Lipinski definition) is 2. The first-order chi connectivity index (χ1) is 7.28. The summed E-state index contributed by atoms with van der Waals surface area (Å²) in [5.74, 6) is 0. The number of aliphatic hydroxyl groups excluding tert-OH is 1. The van der Waals surface area contributed by atoms with Crippen molar-refractivity contribution in [3.63, 3.8) is 0 Å². The van der Waals surface area contributed by atoms with Crippen LogP contribution in [-0.4, -0.2) is 21.8 Å². The lowest BCUT2D eigenvalue weighted by molar-refractivity contribution is 0.0635. The van der Waals surface area contributed by atoms with Gasteiger partial charge >= 0.3 is 6.09 Å². The summed E-state index contributed by atoms with van der Waals surface area (Å²) >= 11 is 1.25. The summed E-state index contributed by atoms with van der Waals surface area (Å²) in [5.41, 5.74) is 0.00473. The van der Waals surface area contributed by atoms with Crippen molar-refractivity contribution in [3.8, 4) is 0 Å². The molecule has 1 amide bonds. The van der Waals surface area contributed by atoms with Gasteiger partial charge < -0.3 is 9.84 Å². The lowest BCUT2D eigenvalue weighted by atomic mass is 10.2. The SMILES string of the molecule is CC(O)c1csc(NC(=O)OC(C)(C)C)n1. The Morgan fingerprint density at radius 2 is 2.25 bits per heavy atom. The van der Waals surface area contributed by atoms with E-state index in [2.05, 4.69) is 10.3 Å². The molecule has 0 saturated heterocycles. The molecule has 0 fully saturated rings. The summed E-state index contributed by atoms with van der Waals surface area (Å²) in [6.07, 6.45) is -1.18. The van der Waals surface area contributed by atoms with E-state index >= 15 is 0 Å². The number of nitrogens with zero attached hydrogens (tertiary/aromatic N) is 1. The number of amides is 1. The maximum absolute atomic E-state index is 11.4. The molecule has 0 aliphatic rings. The van der Waals surface area contributed by atoms with Gasteiger partial charge in [0, 0.05) is 5.38 Å². The smallest absolute Gasteiger partial charge is 0.413 e. The van der Waals surface area contributed by atoms with Crippen LogP contribution < -0.4 is 5.32 Å². The molecule has 1 rings (SSSR count). The quantitative estimate of drug-likeness (QED) is 0.838. The highest BCUT2D eigenvalue weighted by Crippen LogP contribution is 2.20. The lowest BCUT2D eigenvalue weighted by Gasteiger charge is -2.18. The predicted octanol–water partition coefficient (Wildman–Crippen LogP) is 2.54. The largest absolute Gasteiger partial charge is 0.444 e. The molecule has 90 valence electrons. The molecule has 16 heavy (non-hydrogen) atoms. The average molecular weight is 244 g/mol. The van der Waals surface area contributed by atoms with Gasteiger partial charge in [-0.1, -0.05) is 0 Å². The van der Waals surface area contributed by atoms with Gasteiger partial charge in [0.2, 0.25) is 0 Å². The Hall–Kier alpha value is -1.14. The molecule has 0 spiro atoms. The maximum Gasteiger partial charge on any atom is 0.413 e. The zero-order valence-electron chi connectivity index (χ0n) is 9.77. The molecular weight excluding hydrogens is 228 g/mol. The highest BCUT2D eigenvalue weighted by Gasteiger charge is 2.17. The molecule has 0 saturated carbocycles. The van der Waals surface area contributed by atoms with Crippen molar-refractivity contribution in [1.82, 2.24) is 4.98 Å². The summed E-state index contributed by atoms with van der Waals surface area (Å²) in [4.78, 5) is 15.4. The molecule has 0 aromatic carbocycles. The van der Waals surface area contributed by atoms with Crippen molar-refractivity contribution in [2.45, 2.75) is 39.4 Å². The van der Waals surface area contributed by atoms with E-state index < -0.39 is 17.8 Å². The van der Waals surface area contributed by atoms with E-state index in [-0.39, 0.29) is 0 Å². The number of aromatic nitrogens is 1. The van der Waals surface area contributed by atoms with Crippen LogP contribution in [0.4, 0.5) is 9.93 Å². The first kappa shape index (κ1) is 12.9. The van der Waals surface area contributed by atoms with Crippen molar-refractivity contribution in [1.29, 1.82) is 0 Å². The van der Waals surface area contributed by atoms with Gasteiger partial charge in [0.25, 0.3) is 0 Å². The first-order valence-electron chi connectivity index (χ1n) is 4.91. The number of ether oxygens (including phenoxy) is 1. The second-order valence-corrected chi connectivity index (χ2v) is 5.24. The predicted molar refractivity (Wildman–Crippen MR) is 62.6 cm³/mol. The molecule has 6 heteroatoms. The van der Waals surface area contributed by atoms with Crippen LogP contribution in [-0.2, 0) is 4.74 Å².